The standard InChI is InChI=1S/C15H21FO/c1-15(2)10-6-5-8-12(15)14(17)11-7-3-4-9-13(11)16/h3-4,7,9,12,14,17H,5-6,8,10H2,1-2H3. The summed E-state index contributed by atoms with van der Waals surface area (Å²) in [5.41, 5.74) is 0.549. The number of benzene rings is 1. The lowest BCUT2D eigenvalue weighted by molar-refractivity contribution is 0.00200. The van der Waals surface area contributed by atoms with Crippen LogP contribution in [0, 0.1) is 17.2 Å². The van der Waals surface area contributed by atoms with Gasteiger partial charge in [0.15, 0.2) is 0 Å². The molecule has 2 heteroatoms. The summed E-state index contributed by atoms with van der Waals surface area (Å²) < 4.78 is 13.7. The first kappa shape index (κ1) is 12.6. The van der Waals surface area contributed by atoms with Crippen LogP contribution in [0.4, 0.5) is 4.39 Å². The number of aliphatic hydroxyl groups excluding tert-OH is 1. The van der Waals surface area contributed by atoms with Crippen molar-refractivity contribution >= 4 is 0 Å². The molecule has 0 aliphatic heterocycles. The van der Waals surface area contributed by atoms with Gasteiger partial charge in [0.2, 0.25) is 0 Å². The van der Waals surface area contributed by atoms with Gasteiger partial charge in [0.1, 0.15) is 5.82 Å². The Morgan fingerprint density at radius 1 is 1.29 bits per heavy atom. The largest absolute Gasteiger partial charge is 0.388 e. The first-order valence-electron chi connectivity index (χ1n) is 6.45. The van der Waals surface area contributed by atoms with Crippen molar-refractivity contribution in [2.24, 2.45) is 11.3 Å². The van der Waals surface area contributed by atoms with E-state index in [0.29, 0.717) is 5.56 Å². The van der Waals surface area contributed by atoms with Crippen LogP contribution in [0.2, 0.25) is 0 Å². The highest BCUT2D eigenvalue weighted by Gasteiger charge is 2.38. The van der Waals surface area contributed by atoms with E-state index >= 15 is 0 Å². The van der Waals surface area contributed by atoms with Gasteiger partial charge in [-0.1, -0.05) is 44.9 Å². The fourth-order valence-electron chi connectivity index (χ4n) is 3.04. The molecular weight excluding hydrogens is 215 g/mol. The molecule has 1 aromatic rings. The zero-order valence-corrected chi connectivity index (χ0v) is 10.6. The van der Waals surface area contributed by atoms with E-state index in [4.69, 9.17) is 0 Å². The van der Waals surface area contributed by atoms with Gasteiger partial charge in [0.05, 0.1) is 6.10 Å². The fraction of sp³-hybridized carbons (Fsp3) is 0.600. The Kier molecular flexibility index (Phi) is 3.53. The second kappa shape index (κ2) is 4.77. The Balaban J connectivity index is 2.25. The molecule has 1 saturated carbocycles. The number of rotatable bonds is 2. The van der Waals surface area contributed by atoms with Crippen LogP contribution in [0.1, 0.15) is 51.2 Å². The minimum atomic E-state index is -0.675. The Morgan fingerprint density at radius 2 is 2.00 bits per heavy atom. The second-order valence-electron chi connectivity index (χ2n) is 5.81. The molecule has 17 heavy (non-hydrogen) atoms. The molecule has 1 aromatic carbocycles. The Hall–Kier alpha value is -0.890. The first-order valence-corrected chi connectivity index (χ1v) is 6.45. The molecule has 1 nitrogen and oxygen atoms in total. The van der Waals surface area contributed by atoms with Crippen LogP contribution in [0.3, 0.4) is 0 Å². The van der Waals surface area contributed by atoms with E-state index in [-0.39, 0.29) is 17.2 Å². The lowest BCUT2D eigenvalue weighted by atomic mass is 9.65. The number of hydrogen-bond donors (Lipinski definition) is 1. The van der Waals surface area contributed by atoms with Crippen molar-refractivity contribution in [2.75, 3.05) is 0 Å². The summed E-state index contributed by atoms with van der Waals surface area (Å²) in [6.07, 6.45) is 3.78. The second-order valence-corrected chi connectivity index (χ2v) is 5.81. The van der Waals surface area contributed by atoms with Gasteiger partial charge >= 0.3 is 0 Å². The molecular formula is C15H21FO. The van der Waals surface area contributed by atoms with Crippen molar-refractivity contribution in [3.63, 3.8) is 0 Å². The lowest BCUT2D eigenvalue weighted by Gasteiger charge is -2.41. The monoisotopic (exact) mass is 236 g/mol. The highest BCUT2D eigenvalue weighted by Crippen LogP contribution is 2.46. The van der Waals surface area contributed by atoms with E-state index in [1.165, 1.54) is 12.5 Å². The fourth-order valence-corrected chi connectivity index (χ4v) is 3.04. The number of halogens is 1. The maximum atomic E-state index is 13.7. The van der Waals surface area contributed by atoms with Crippen molar-refractivity contribution in [3.05, 3.63) is 35.6 Å². The van der Waals surface area contributed by atoms with E-state index in [0.717, 1.165) is 19.3 Å². The van der Waals surface area contributed by atoms with Crippen molar-refractivity contribution in [2.45, 2.75) is 45.6 Å². The third-order valence-electron chi connectivity index (χ3n) is 4.20. The first-order chi connectivity index (χ1) is 8.02. The summed E-state index contributed by atoms with van der Waals surface area (Å²) in [5.74, 6) is -0.130. The van der Waals surface area contributed by atoms with Crippen molar-refractivity contribution < 1.29 is 9.50 Å². The molecule has 1 aliphatic rings. The average Bonchev–Trinajstić information content (AvgIpc) is 2.28. The van der Waals surface area contributed by atoms with E-state index < -0.39 is 6.10 Å². The molecule has 0 aromatic heterocycles. The molecule has 2 atom stereocenters. The highest BCUT2D eigenvalue weighted by molar-refractivity contribution is 5.21. The summed E-state index contributed by atoms with van der Waals surface area (Å²) >= 11 is 0. The van der Waals surface area contributed by atoms with Gasteiger partial charge in [0.25, 0.3) is 0 Å². The Bertz CT molecular complexity index is 386. The average molecular weight is 236 g/mol. The number of hydrogen-bond acceptors (Lipinski definition) is 1. The normalized spacial score (nSPS) is 25.5. The molecule has 0 bridgehead atoms. The van der Waals surface area contributed by atoms with Gasteiger partial charge in [-0.25, -0.2) is 4.39 Å². The van der Waals surface area contributed by atoms with E-state index in [9.17, 15) is 9.50 Å². The maximum Gasteiger partial charge on any atom is 0.129 e. The van der Waals surface area contributed by atoms with Crippen LogP contribution < -0.4 is 0 Å². The van der Waals surface area contributed by atoms with Crippen LogP contribution in [0.5, 0.6) is 0 Å². The molecule has 1 aliphatic carbocycles. The van der Waals surface area contributed by atoms with Crippen molar-refractivity contribution in [3.8, 4) is 0 Å². The van der Waals surface area contributed by atoms with Crippen molar-refractivity contribution in [1.29, 1.82) is 0 Å². The van der Waals surface area contributed by atoms with Gasteiger partial charge in [-0.3, -0.25) is 0 Å². The van der Waals surface area contributed by atoms with Gasteiger partial charge in [-0.15, -0.1) is 0 Å². The Labute approximate surface area is 103 Å². The molecule has 2 unspecified atom stereocenters. The SMILES string of the molecule is CC1(C)CCCCC1C(O)c1ccccc1F. The van der Waals surface area contributed by atoms with Crippen LogP contribution in [0.25, 0.3) is 0 Å². The molecule has 0 heterocycles. The van der Waals surface area contributed by atoms with Gasteiger partial charge in [-0.05, 0) is 30.2 Å². The Morgan fingerprint density at radius 3 is 2.65 bits per heavy atom. The van der Waals surface area contributed by atoms with E-state index in [2.05, 4.69) is 13.8 Å². The summed E-state index contributed by atoms with van der Waals surface area (Å²) in [7, 11) is 0. The topological polar surface area (TPSA) is 20.2 Å². The third kappa shape index (κ3) is 2.52. The molecule has 2 rings (SSSR count). The van der Waals surface area contributed by atoms with Crippen molar-refractivity contribution in [1.82, 2.24) is 0 Å². The molecule has 94 valence electrons. The third-order valence-corrected chi connectivity index (χ3v) is 4.20. The summed E-state index contributed by atoms with van der Waals surface area (Å²) in [4.78, 5) is 0. The van der Waals surface area contributed by atoms with Crippen LogP contribution >= 0.6 is 0 Å². The van der Waals surface area contributed by atoms with E-state index in [1.807, 2.05) is 0 Å². The van der Waals surface area contributed by atoms with Gasteiger partial charge < -0.3 is 5.11 Å². The quantitative estimate of drug-likeness (QED) is 0.820. The van der Waals surface area contributed by atoms with Crippen LogP contribution in [-0.4, -0.2) is 5.11 Å². The summed E-state index contributed by atoms with van der Waals surface area (Å²) in [6.45, 7) is 4.36. The zero-order valence-electron chi connectivity index (χ0n) is 10.6. The van der Waals surface area contributed by atoms with Crippen LogP contribution in [0.15, 0.2) is 24.3 Å². The molecule has 0 radical (unpaired) electrons. The molecule has 1 fully saturated rings. The highest BCUT2D eigenvalue weighted by atomic mass is 19.1. The lowest BCUT2D eigenvalue weighted by Crippen LogP contribution is -2.32. The molecule has 0 saturated heterocycles. The number of aliphatic hydroxyl groups is 1. The zero-order chi connectivity index (χ0) is 12.5. The van der Waals surface area contributed by atoms with Crippen LogP contribution in [-0.2, 0) is 0 Å². The van der Waals surface area contributed by atoms with E-state index in [1.54, 1.807) is 18.2 Å². The van der Waals surface area contributed by atoms with Gasteiger partial charge in [-0.2, -0.15) is 0 Å². The summed E-state index contributed by atoms with van der Waals surface area (Å²) in [6, 6.07) is 6.58. The minimum Gasteiger partial charge on any atom is -0.388 e. The molecule has 0 amide bonds. The molecule has 1 N–H and O–H groups in total. The predicted molar refractivity (Wildman–Crippen MR) is 67.1 cm³/mol. The predicted octanol–water partition coefficient (Wildman–Crippen LogP) is 4.08. The summed E-state index contributed by atoms with van der Waals surface area (Å²) in [5, 5.41) is 10.4. The maximum absolute atomic E-state index is 13.7. The smallest absolute Gasteiger partial charge is 0.129 e. The molecule has 0 spiro atoms. The minimum absolute atomic E-state index is 0.0972. The van der Waals surface area contributed by atoms with Gasteiger partial charge in [0, 0.05) is 5.56 Å².